The molecule has 4 N–H and O–H groups in total. The summed E-state index contributed by atoms with van der Waals surface area (Å²) < 4.78 is 6.32. The standard InChI is InChI=1S/C19H27N5O3/c1-11-18-15(22-13(3)23-18)10-16(19(11)21-7-4-17(25)26)27-14-5-8-24(9-6-14)12(2)20/h10,14,20-21H,4-9H2,1-3H3,(H,22,23)(H,25,26). The minimum absolute atomic E-state index is 0.0352. The fourth-order valence-corrected chi connectivity index (χ4v) is 3.50. The molecule has 0 unspecified atom stereocenters. The number of amidine groups is 1. The number of H-pyrrole nitrogens is 1. The van der Waals surface area contributed by atoms with Crippen molar-refractivity contribution in [1.29, 1.82) is 5.41 Å². The van der Waals surface area contributed by atoms with Gasteiger partial charge in [-0.25, -0.2) is 4.98 Å². The number of piperidine rings is 1. The number of nitrogens with one attached hydrogen (secondary N) is 3. The molecule has 0 aliphatic carbocycles. The van der Waals surface area contributed by atoms with Crippen LogP contribution in [-0.2, 0) is 4.79 Å². The van der Waals surface area contributed by atoms with E-state index in [0.717, 1.165) is 59.8 Å². The number of fused-ring (bicyclic) bond motifs is 1. The van der Waals surface area contributed by atoms with Gasteiger partial charge in [0.2, 0.25) is 0 Å². The summed E-state index contributed by atoms with van der Waals surface area (Å²) in [4.78, 5) is 20.7. The van der Waals surface area contributed by atoms with Crippen molar-refractivity contribution in [3.8, 4) is 5.75 Å². The molecule has 0 spiro atoms. The van der Waals surface area contributed by atoms with E-state index in [9.17, 15) is 4.79 Å². The van der Waals surface area contributed by atoms with Crippen molar-refractivity contribution in [2.45, 2.75) is 46.1 Å². The molecule has 27 heavy (non-hydrogen) atoms. The fraction of sp³-hybridized carbons (Fsp3) is 0.526. The highest BCUT2D eigenvalue weighted by Crippen LogP contribution is 2.36. The van der Waals surface area contributed by atoms with Crippen LogP contribution in [0.4, 0.5) is 5.69 Å². The Morgan fingerprint density at radius 2 is 2.15 bits per heavy atom. The molecule has 3 rings (SSSR count). The molecule has 146 valence electrons. The largest absolute Gasteiger partial charge is 0.488 e. The molecule has 2 heterocycles. The first-order valence-corrected chi connectivity index (χ1v) is 9.27. The number of carboxylic acid groups (broad SMARTS) is 1. The Hall–Kier alpha value is -2.77. The van der Waals surface area contributed by atoms with Gasteiger partial charge in [0.1, 0.15) is 17.7 Å². The number of imidazole rings is 1. The molecule has 8 nitrogen and oxygen atoms in total. The number of hydrogen-bond donors (Lipinski definition) is 4. The average molecular weight is 373 g/mol. The number of benzene rings is 1. The number of anilines is 1. The molecule has 0 atom stereocenters. The second kappa shape index (κ2) is 7.85. The van der Waals surface area contributed by atoms with Gasteiger partial charge in [0.05, 0.1) is 29.0 Å². The summed E-state index contributed by atoms with van der Waals surface area (Å²) in [5.41, 5.74) is 3.54. The quantitative estimate of drug-likeness (QED) is 0.457. The van der Waals surface area contributed by atoms with E-state index in [-0.39, 0.29) is 12.5 Å². The van der Waals surface area contributed by atoms with Crippen LogP contribution in [-0.4, -0.2) is 57.5 Å². The summed E-state index contributed by atoms with van der Waals surface area (Å²) in [6.07, 6.45) is 1.81. The molecule has 1 aromatic heterocycles. The van der Waals surface area contributed by atoms with Crippen molar-refractivity contribution >= 4 is 28.5 Å². The molecular weight excluding hydrogens is 346 g/mol. The first-order valence-electron chi connectivity index (χ1n) is 9.27. The summed E-state index contributed by atoms with van der Waals surface area (Å²) in [5.74, 6) is 1.30. The Bertz CT molecular complexity index is 853. The van der Waals surface area contributed by atoms with Gasteiger partial charge in [0.25, 0.3) is 0 Å². The second-order valence-corrected chi connectivity index (χ2v) is 7.05. The van der Waals surface area contributed by atoms with E-state index in [1.807, 2.05) is 26.8 Å². The number of carbonyl (C=O) groups is 1. The molecule has 2 aromatic rings. The molecule has 1 fully saturated rings. The van der Waals surface area contributed by atoms with Crippen molar-refractivity contribution in [3.63, 3.8) is 0 Å². The molecule has 1 saturated heterocycles. The molecule has 0 amide bonds. The van der Waals surface area contributed by atoms with Crippen LogP contribution in [0.3, 0.4) is 0 Å². The highest BCUT2D eigenvalue weighted by molar-refractivity contribution is 5.88. The van der Waals surface area contributed by atoms with Gasteiger partial charge in [0, 0.05) is 44.1 Å². The number of carboxylic acids is 1. The number of nitrogens with zero attached hydrogens (tertiary/aromatic N) is 2. The Morgan fingerprint density at radius 1 is 1.44 bits per heavy atom. The van der Waals surface area contributed by atoms with E-state index in [1.165, 1.54) is 0 Å². The van der Waals surface area contributed by atoms with Crippen LogP contribution < -0.4 is 10.1 Å². The number of aromatic nitrogens is 2. The summed E-state index contributed by atoms with van der Waals surface area (Å²) in [7, 11) is 0. The van der Waals surface area contributed by atoms with Crippen molar-refractivity contribution in [2.24, 2.45) is 0 Å². The van der Waals surface area contributed by atoms with Crippen LogP contribution in [0.1, 0.15) is 37.6 Å². The van der Waals surface area contributed by atoms with Crippen LogP contribution in [0.2, 0.25) is 0 Å². The smallest absolute Gasteiger partial charge is 0.305 e. The molecule has 0 bridgehead atoms. The Balaban J connectivity index is 1.83. The van der Waals surface area contributed by atoms with Gasteiger partial charge in [-0.1, -0.05) is 0 Å². The van der Waals surface area contributed by atoms with E-state index in [1.54, 1.807) is 0 Å². The van der Waals surface area contributed by atoms with Gasteiger partial charge in [-0.15, -0.1) is 0 Å². The third-order valence-electron chi connectivity index (χ3n) is 4.95. The van der Waals surface area contributed by atoms with Gasteiger partial charge < -0.3 is 25.0 Å². The predicted molar refractivity (Wildman–Crippen MR) is 105 cm³/mol. The number of hydrogen-bond acceptors (Lipinski definition) is 5. The van der Waals surface area contributed by atoms with E-state index in [0.29, 0.717) is 12.4 Å². The molecular formula is C19H27N5O3. The van der Waals surface area contributed by atoms with E-state index in [2.05, 4.69) is 20.2 Å². The van der Waals surface area contributed by atoms with Crippen molar-refractivity contribution < 1.29 is 14.6 Å². The summed E-state index contributed by atoms with van der Waals surface area (Å²) in [6, 6.07) is 1.94. The molecule has 8 heteroatoms. The third kappa shape index (κ3) is 4.32. The lowest BCUT2D eigenvalue weighted by Gasteiger charge is -2.33. The Kier molecular flexibility index (Phi) is 5.53. The van der Waals surface area contributed by atoms with E-state index in [4.69, 9.17) is 15.3 Å². The van der Waals surface area contributed by atoms with Crippen molar-refractivity contribution in [3.05, 3.63) is 17.5 Å². The molecule has 1 aliphatic heterocycles. The highest BCUT2D eigenvalue weighted by atomic mass is 16.5. The maximum Gasteiger partial charge on any atom is 0.305 e. The van der Waals surface area contributed by atoms with E-state index >= 15 is 0 Å². The maximum absolute atomic E-state index is 10.9. The number of aromatic amines is 1. The zero-order valence-electron chi connectivity index (χ0n) is 16.1. The van der Waals surface area contributed by atoms with Gasteiger partial charge in [-0.2, -0.15) is 0 Å². The number of rotatable bonds is 6. The normalized spacial score (nSPS) is 15.1. The molecule has 1 aromatic carbocycles. The SMILES string of the molecule is CC(=N)N1CCC(Oc2cc3[nH]c(C)nc3c(C)c2NCCC(=O)O)CC1. The minimum Gasteiger partial charge on any atom is -0.488 e. The lowest BCUT2D eigenvalue weighted by atomic mass is 10.1. The van der Waals surface area contributed by atoms with Crippen LogP contribution in [0.25, 0.3) is 11.0 Å². The topological polar surface area (TPSA) is 114 Å². The molecule has 0 radical (unpaired) electrons. The zero-order chi connectivity index (χ0) is 19.6. The second-order valence-electron chi connectivity index (χ2n) is 7.05. The van der Waals surface area contributed by atoms with Crippen LogP contribution in [0.15, 0.2) is 6.07 Å². The van der Waals surface area contributed by atoms with Gasteiger partial charge in [-0.05, 0) is 20.8 Å². The minimum atomic E-state index is -0.839. The predicted octanol–water partition coefficient (Wildman–Crippen LogP) is 2.91. The van der Waals surface area contributed by atoms with Crippen LogP contribution >= 0.6 is 0 Å². The van der Waals surface area contributed by atoms with Gasteiger partial charge in [-0.3, -0.25) is 10.2 Å². The zero-order valence-corrected chi connectivity index (χ0v) is 16.1. The number of aryl methyl sites for hydroxylation is 2. The lowest BCUT2D eigenvalue weighted by Crippen LogP contribution is -2.40. The average Bonchev–Trinajstić information content (AvgIpc) is 2.98. The maximum atomic E-state index is 10.9. The first kappa shape index (κ1) is 19.0. The monoisotopic (exact) mass is 373 g/mol. The fourth-order valence-electron chi connectivity index (χ4n) is 3.50. The molecule has 0 saturated carbocycles. The summed E-state index contributed by atoms with van der Waals surface area (Å²) >= 11 is 0. The van der Waals surface area contributed by atoms with Crippen molar-refractivity contribution in [1.82, 2.24) is 14.9 Å². The molecule has 1 aliphatic rings. The van der Waals surface area contributed by atoms with Crippen LogP contribution in [0.5, 0.6) is 5.75 Å². The summed E-state index contributed by atoms with van der Waals surface area (Å²) in [6.45, 7) is 7.64. The van der Waals surface area contributed by atoms with Gasteiger partial charge >= 0.3 is 5.97 Å². The number of aliphatic carboxylic acids is 1. The van der Waals surface area contributed by atoms with Gasteiger partial charge in [0.15, 0.2) is 0 Å². The number of likely N-dealkylation sites (tertiary alicyclic amines) is 1. The van der Waals surface area contributed by atoms with Crippen molar-refractivity contribution in [2.75, 3.05) is 25.0 Å². The Morgan fingerprint density at radius 3 is 2.78 bits per heavy atom. The first-order chi connectivity index (χ1) is 12.8. The Labute approximate surface area is 158 Å². The number of ether oxygens (including phenoxy) is 1. The van der Waals surface area contributed by atoms with Crippen LogP contribution in [0, 0.1) is 19.3 Å². The van der Waals surface area contributed by atoms with E-state index < -0.39 is 5.97 Å². The highest BCUT2D eigenvalue weighted by Gasteiger charge is 2.23. The lowest BCUT2D eigenvalue weighted by molar-refractivity contribution is -0.136. The summed E-state index contributed by atoms with van der Waals surface area (Å²) in [5, 5.41) is 19.9. The third-order valence-corrected chi connectivity index (χ3v) is 4.95.